The van der Waals surface area contributed by atoms with E-state index in [0.29, 0.717) is 37.9 Å². The Hall–Kier alpha value is -3.07. The predicted molar refractivity (Wildman–Crippen MR) is 128 cm³/mol. The summed E-state index contributed by atoms with van der Waals surface area (Å²) in [6.45, 7) is 2.19. The molecule has 1 amide bonds. The number of hydrogen-bond acceptors (Lipinski definition) is 7. The average Bonchev–Trinajstić information content (AvgIpc) is 3.39. The Morgan fingerprint density at radius 2 is 2.03 bits per heavy atom. The van der Waals surface area contributed by atoms with E-state index in [2.05, 4.69) is 0 Å². The van der Waals surface area contributed by atoms with E-state index >= 15 is 0 Å². The number of amides is 1. The molecule has 6 nitrogen and oxygen atoms in total. The van der Waals surface area contributed by atoms with Crippen molar-refractivity contribution in [3.05, 3.63) is 82.1 Å². The van der Waals surface area contributed by atoms with E-state index in [1.54, 1.807) is 54.6 Å². The summed E-state index contributed by atoms with van der Waals surface area (Å²) in [5.74, 6) is -0.177. The van der Waals surface area contributed by atoms with E-state index in [1.165, 1.54) is 29.0 Å². The van der Waals surface area contributed by atoms with Crippen molar-refractivity contribution in [1.82, 2.24) is 0 Å². The van der Waals surface area contributed by atoms with Crippen LogP contribution in [0.25, 0.3) is 6.08 Å². The van der Waals surface area contributed by atoms with Gasteiger partial charge in [-0.25, -0.2) is 4.79 Å². The molecular formula is C23H16ClNO5S2. The third-order valence-corrected chi connectivity index (χ3v) is 5.89. The van der Waals surface area contributed by atoms with Gasteiger partial charge in [-0.05, 0) is 61.0 Å². The number of thiocarbonyl (C=S) groups is 1. The molecule has 2 aromatic carbocycles. The molecule has 1 fully saturated rings. The van der Waals surface area contributed by atoms with Crippen LogP contribution in [0.15, 0.2) is 70.2 Å². The van der Waals surface area contributed by atoms with E-state index in [4.69, 9.17) is 37.7 Å². The smallest absolute Gasteiger partial charge is 0.379 e. The van der Waals surface area contributed by atoms with Crippen molar-refractivity contribution in [2.75, 3.05) is 11.5 Å². The third-order valence-electron chi connectivity index (χ3n) is 4.35. The van der Waals surface area contributed by atoms with Crippen LogP contribution in [0.4, 0.5) is 5.69 Å². The number of benzene rings is 2. The number of rotatable bonds is 6. The van der Waals surface area contributed by atoms with E-state index in [1.807, 2.05) is 6.92 Å². The van der Waals surface area contributed by atoms with Gasteiger partial charge in [-0.2, -0.15) is 0 Å². The maximum atomic E-state index is 13.0. The maximum Gasteiger partial charge on any atom is 0.379 e. The largest absolute Gasteiger partial charge is 0.490 e. The zero-order valence-electron chi connectivity index (χ0n) is 16.7. The van der Waals surface area contributed by atoms with Crippen LogP contribution in [0.2, 0.25) is 5.02 Å². The Morgan fingerprint density at radius 3 is 2.75 bits per heavy atom. The van der Waals surface area contributed by atoms with Gasteiger partial charge in [0.25, 0.3) is 5.91 Å². The number of esters is 1. The number of hydrogen-bond donors (Lipinski definition) is 0. The van der Waals surface area contributed by atoms with Gasteiger partial charge < -0.3 is 13.9 Å². The molecule has 0 bridgehead atoms. The van der Waals surface area contributed by atoms with Gasteiger partial charge in [-0.15, -0.1) is 0 Å². The van der Waals surface area contributed by atoms with Crippen LogP contribution in [0.3, 0.4) is 0 Å². The molecule has 0 atom stereocenters. The lowest BCUT2D eigenvalue weighted by atomic mass is 10.1. The molecule has 4 rings (SSSR count). The normalized spacial score (nSPS) is 14.8. The first-order valence-electron chi connectivity index (χ1n) is 9.52. The summed E-state index contributed by atoms with van der Waals surface area (Å²) in [7, 11) is 0. The second-order valence-electron chi connectivity index (χ2n) is 6.50. The molecule has 1 aliphatic rings. The molecule has 0 spiro atoms. The van der Waals surface area contributed by atoms with Crippen molar-refractivity contribution in [2.24, 2.45) is 0 Å². The number of ether oxygens (including phenoxy) is 2. The van der Waals surface area contributed by atoms with Crippen molar-refractivity contribution in [2.45, 2.75) is 6.92 Å². The van der Waals surface area contributed by atoms with Gasteiger partial charge in [0, 0.05) is 5.02 Å². The number of nitrogens with zero attached hydrogens (tertiary/aromatic N) is 1. The molecule has 0 radical (unpaired) electrons. The van der Waals surface area contributed by atoms with Gasteiger partial charge >= 0.3 is 5.97 Å². The third kappa shape index (κ3) is 4.72. The molecular weight excluding hydrogens is 470 g/mol. The lowest BCUT2D eigenvalue weighted by molar-refractivity contribution is -0.113. The molecule has 3 aromatic rings. The van der Waals surface area contributed by atoms with Gasteiger partial charge in [0.15, 0.2) is 15.8 Å². The van der Waals surface area contributed by atoms with Crippen molar-refractivity contribution in [3.63, 3.8) is 0 Å². The van der Waals surface area contributed by atoms with Crippen molar-refractivity contribution in [3.8, 4) is 11.5 Å². The summed E-state index contributed by atoms with van der Waals surface area (Å²) in [6.07, 6.45) is 3.10. The van der Waals surface area contributed by atoms with Crippen molar-refractivity contribution in [1.29, 1.82) is 0 Å². The summed E-state index contributed by atoms with van der Waals surface area (Å²) in [6, 6.07) is 15.1. The minimum absolute atomic E-state index is 0.0845. The predicted octanol–water partition coefficient (Wildman–Crippen LogP) is 5.96. The first-order valence-corrected chi connectivity index (χ1v) is 11.1. The lowest BCUT2D eigenvalue weighted by Crippen LogP contribution is -2.27. The fraction of sp³-hybridized carbons (Fsp3) is 0.0870. The fourth-order valence-corrected chi connectivity index (χ4v) is 4.45. The van der Waals surface area contributed by atoms with Gasteiger partial charge in [-0.3, -0.25) is 9.69 Å². The first-order chi connectivity index (χ1) is 15.5. The number of carbonyl (C=O) groups excluding carboxylic acids is 2. The quantitative estimate of drug-likeness (QED) is 0.185. The number of carbonyl (C=O) groups is 2. The molecule has 32 heavy (non-hydrogen) atoms. The van der Waals surface area contributed by atoms with Crippen LogP contribution < -0.4 is 14.4 Å². The lowest BCUT2D eigenvalue weighted by Gasteiger charge is -2.14. The highest BCUT2D eigenvalue weighted by Gasteiger charge is 2.33. The van der Waals surface area contributed by atoms with Gasteiger partial charge in [0.1, 0.15) is 0 Å². The van der Waals surface area contributed by atoms with Crippen molar-refractivity contribution >= 4 is 63.5 Å². The fourth-order valence-electron chi connectivity index (χ4n) is 2.97. The molecule has 0 N–H and O–H groups in total. The van der Waals surface area contributed by atoms with Crippen LogP contribution in [0.1, 0.15) is 23.0 Å². The van der Waals surface area contributed by atoms with Crippen LogP contribution in [0, 0.1) is 0 Å². The number of furan rings is 1. The number of anilines is 1. The summed E-state index contributed by atoms with van der Waals surface area (Å²) in [5, 5.41) is 0.515. The highest BCUT2D eigenvalue weighted by Crippen LogP contribution is 2.38. The summed E-state index contributed by atoms with van der Waals surface area (Å²) in [5.41, 5.74) is 1.30. The molecule has 0 unspecified atom stereocenters. The molecule has 1 aromatic heterocycles. The highest BCUT2D eigenvalue weighted by atomic mass is 35.5. The van der Waals surface area contributed by atoms with Gasteiger partial charge in [0.2, 0.25) is 5.76 Å². The highest BCUT2D eigenvalue weighted by molar-refractivity contribution is 8.27. The second kappa shape index (κ2) is 9.60. The van der Waals surface area contributed by atoms with E-state index in [9.17, 15) is 9.59 Å². The van der Waals surface area contributed by atoms with Crippen LogP contribution >= 0.6 is 35.6 Å². The molecule has 0 aliphatic carbocycles. The zero-order valence-corrected chi connectivity index (χ0v) is 19.1. The molecule has 0 saturated carbocycles. The zero-order chi connectivity index (χ0) is 22.7. The molecule has 1 aliphatic heterocycles. The van der Waals surface area contributed by atoms with Gasteiger partial charge in [0.05, 0.1) is 23.5 Å². The Labute approximate surface area is 198 Å². The Balaban J connectivity index is 1.59. The molecule has 2 heterocycles. The Kier molecular flexibility index (Phi) is 6.64. The van der Waals surface area contributed by atoms with Crippen LogP contribution in [0.5, 0.6) is 11.5 Å². The summed E-state index contributed by atoms with van der Waals surface area (Å²) in [4.78, 5) is 27.1. The summed E-state index contributed by atoms with van der Waals surface area (Å²) < 4.78 is 16.5. The standard InChI is InChI=1S/C23H16ClNO5S2/c1-2-28-19-11-14(8-9-17(19)30-22(27)18-7-4-10-29-18)12-20-21(26)25(23(31)32-20)16-6-3-5-15(24)13-16/h3-13H,2H2,1H3. The molecule has 1 saturated heterocycles. The second-order valence-corrected chi connectivity index (χ2v) is 8.62. The Morgan fingerprint density at radius 1 is 1.19 bits per heavy atom. The van der Waals surface area contributed by atoms with Crippen LogP contribution in [-0.2, 0) is 4.79 Å². The number of halogens is 1. The maximum absolute atomic E-state index is 13.0. The molecule has 9 heteroatoms. The van der Waals surface area contributed by atoms with E-state index in [-0.39, 0.29) is 17.4 Å². The summed E-state index contributed by atoms with van der Waals surface area (Å²) >= 11 is 12.7. The average molecular weight is 486 g/mol. The van der Waals surface area contributed by atoms with E-state index < -0.39 is 5.97 Å². The van der Waals surface area contributed by atoms with E-state index in [0.717, 1.165) is 0 Å². The first kappa shape index (κ1) is 22.1. The minimum Gasteiger partial charge on any atom is -0.490 e. The SMILES string of the molecule is CCOc1cc(C=C2SC(=S)N(c3cccc(Cl)c3)C2=O)ccc1OC(=O)c1ccco1. The number of thioether (sulfide) groups is 1. The Bertz CT molecular complexity index is 1220. The van der Waals surface area contributed by atoms with Crippen LogP contribution in [-0.4, -0.2) is 22.8 Å². The molecule has 162 valence electrons. The van der Waals surface area contributed by atoms with Gasteiger partial charge in [-0.1, -0.05) is 47.7 Å². The van der Waals surface area contributed by atoms with Crippen molar-refractivity contribution < 1.29 is 23.5 Å². The minimum atomic E-state index is -0.633. The monoisotopic (exact) mass is 485 g/mol. The topological polar surface area (TPSA) is 69.0 Å².